The molecule has 0 radical (unpaired) electrons. The van der Waals surface area contributed by atoms with Gasteiger partial charge in [-0.05, 0) is 68.7 Å². The third-order valence-corrected chi connectivity index (χ3v) is 10.1. The molecular formula is C58H46N6O8Sc2. The fourth-order valence-electron chi connectivity index (χ4n) is 6.62. The van der Waals surface area contributed by atoms with Gasteiger partial charge in [0.2, 0.25) is 0 Å². The van der Waals surface area contributed by atoms with E-state index in [0.29, 0.717) is 46.3 Å². The number of para-hydroxylation sites is 6. The largest absolute Gasteiger partial charge is 3.00 e. The topological polar surface area (TPSA) is 234 Å². The summed E-state index contributed by atoms with van der Waals surface area (Å²) in [6.45, 7) is 1.38. The fraction of sp³-hybridized carbons (Fsp3) is 0.0690. The minimum Gasteiger partial charge on any atom is -0.871 e. The maximum atomic E-state index is 11.1. The van der Waals surface area contributed by atoms with Crippen LogP contribution in [0.15, 0.2) is 219 Å². The molecule has 12 aromatic rings. The van der Waals surface area contributed by atoms with E-state index < -0.39 is 0 Å². The van der Waals surface area contributed by atoms with Crippen LogP contribution in [-0.2, 0) is 61.2 Å². The van der Waals surface area contributed by atoms with Gasteiger partial charge in [-0.1, -0.05) is 180 Å². The molecule has 0 aliphatic carbocycles. The molecule has 0 spiro atoms. The molecule has 362 valence electrons. The van der Waals surface area contributed by atoms with Gasteiger partial charge in [0.15, 0.2) is 0 Å². The maximum absolute atomic E-state index is 11.1. The Kier molecular flexibility index (Phi) is 25.1. The van der Waals surface area contributed by atoms with Gasteiger partial charge < -0.3 is 40.1 Å². The minimum atomic E-state index is -0.0110. The Bertz CT molecular complexity index is 2960. The number of hydrogen-bond donors (Lipinski definition) is 0. The van der Waals surface area contributed by atoms with Crippen LogP contribution in [0.5, 0.6) is 34.5 Å². The maximum Gasteiger partial charge on any atom is 3.00 e. The standard InChI is InChI=1S/6C9H7NO.C4H10O2.2Sc/c6*11-8-5-1-3-7-4-2-6-10-9(7)8;1-5-3-4-6-2;;/h6*1-6,11H;3-4H2,1-2H3;;/q;;;;;;;2*+3/p-6. The molecule has 0 unspecified atom stereocenters. The molecule has 0 bridgehead atoms. The summed E-state index contributed by atoms with van der Waals surface area (Å²) < 4.78 is 9.31. The van der Waals surface area contributed by atoms with E-state index in [1.54, 1.807) is 87.8 Å². The molecule has 0 saturated heterocycles. The van der Waals surface area contributed by atoms with Crippen molar-refractivity contribution in [2.45, 2.75) is 0 Å². The summed E-state index contributed by atoms with van der Waals surface area (Å²) in [6.07, 6.45) is 9.77. The zero-order valence-corrected chi connectivity index (χ0v) is 43.9. The number of ether oxygens (including phenoxy) is 2. The van der Waals surface area contributed by atoms with Crippen molar-refractivity contribution in [3.05, 3.63) is 219 Å². The predicted octanol–water partition coefficient (Wildman–Crippen LogP) is 8.12. The number of rotatable bonds is 3. The number of methoxy groups -OCH3 is 2. The predicted molar refractivity (Wildman–Crippen MR) is 271 cm³/mol. The summed E-state index contributed by atoms with van der Waals surface area (Å²) in [4.78, 5) is 23.8. The third-order valence-electron chi connectivity index (χ3n) is 10.1. The molecule has 6 aromatic heterocycles. The van der Waals surface area contributed by atoms with E-state index in [2.05, 4.69) is 39.4 Å². The van der Waals surface area contributed by atoms with Crippen molar-refractivity contribution in [1.29, 1.82) is 0 Å². The van der Waals surface area contributed by atoms with Crippen LogP contribution in [0.1, 0.15) is 0 Å². The Hall–Kier alpha value is -7.76. The monoisotopic (exact) mass is 1040 g/mol. The van der Waals surface area contributed by atoms with Gasteiger partial charge in [0, 0.05) is 51.4 Å². The fourth-order valence-corrected chi connectivity index (χ4v) is 6.62. The van der Waals surface area contributed by atoms with Gasteiger partial charge in [0.25, 0.3) is 0 Å². The summed E-state index contributed by atoms with van der Waals surface area (Å²) in [6, 6.07) is 53.1. The van der Waals surface area contributed by atoms with E-state index in [1.807, 2.05) is 109 Å². The van der Waals surface area contributed by atoms with Crippen LogP contribution in [0, 0.1) is 0 Å². The zero-order chi connectivity index (χ0) is 50.9. The van der Waals surface area contributed by atoms with Crippen LogP contribution < -0.4 is 30.6 Å². The Balaban J connectivity index is 0.000000187. The smallest absolute Gasteiger partial charge is 0.871 e. The molecule has 0 aliphatic rings. The summed E-state index contributed by atoms with van der Waals surface area (Å²) in [5.74, 6) is -0.0661. The molecule has 0 aliphatic heterocycles. The molecular weight excluding hydrogens is 999 g/mol. The first-order valence-electron chi connectivity index (χ1n) is 22.2. The van der Waals surface area contributed by atoms with E-state index in [-0.39, 0.29) is 86.2 Å². The molecule has 0 fully saturated rings. The molecule has 0 amide bonds. The Morgan fingerprint density at radius 1 is 0.257 bits per heavy atom. The second kappa shape index (κ2) is 31.6. The number of nitrogens with zero attached hydrogens (tertiary/aromatic N) is 6. The van der Waals surface area contributed by atoms with Gasteiger partial charge in [-0.2, -0.15) is 0 Å². The summed E-state index contributed by atoms with van der Waals surface area (Å²) in [5.41, 5.74) is 3.31. The van der Waals surface area contributed by atoms with Gasteiger partial charge in [0.1, 0.15) is 0 Å². The summed E-state index contributed by atoms with van der Waals surface area (Å²) in [7, 11) is 3.30. The Morgan fingerprint density at radius 2 is 0.405 bits per heavy atom. The molecule has 14 nitrogen and oxygen atoms in total. The number of pyridine rings is 6. The molecule has 0 atom stereocenters. The van der Waals surface area contributed by atoms with Crippen molar-refractivity contribution in [3.8, 4) is 34.5 Å². The molecule has 0 N–H and O–H groups in total. The van der Waals surface area contributed by atoms with Crippen molar-refractivity contribution >= 4 is 65.4 Å². The SMILES string of the molecule is COCCOC.[O-]c1cccc2cccnc12.[O-]c1cccc2cccnc12.[O-]c1cccc2cccnc12.[O-]c1cccc2cccnc12.[O-]c1cccc2cccnc12.[O-]c1cccc2cccnc12.[Sc+3].[Sc+3]. The van der Waals surface area contributed by atoms with Gasteiger partial charge in [0.05, 0.1) is 46.3 Å². The van der Waals surface area contributed by atoms with Crippen molar-refractivity contribution < 1.29 is 91.8 Å². The first-order chi connectivity index (χ1) is 35.2. The molecule has 0 saturated carbocycles. The third kappa shape index (κ3) is 17.5. The van der Waals surface area contributed by atoms with Crippen molar-refractivity contribution in [1.82, 2.24) is 29.9 Å². The van der Waals surface area contributed by atoms with Gasteiger partial charge in [-0.15, -0.1) is 0 Å². The number of aromatic nitrogens is 6. The molecule has 74 heavy (non-hydrogen) atoms. The van der Waals surface area contributed by atoms with E-state index >= 15 is 0 Å². The molecule has 12 rings (SSSR count). The average molecular weight is 1040 g/mol. The molecule has 16 heteroatoms. The first kappa shape index (κ1) is 58.8. The van der Waals surface area contributed by atoms with Crippen LogP contribution in [0.25, 0.3) is 65.4 Å². The normalized spacial score (nSPS) is 9.81. The van der Waals surface area contributed by atoms with Crippen LogP contribution in [0.3, 0.4) is 0 Å². The van der Waals surface area contributed by atoms with Crippen LogP contribution in [0.4, 0.5) is 0 Å². The van der Waals surface area contributed by atoms with Crippen molar-refractivity contribution in [3.63, 3.8) is 0 Å². The van der Waals surface area contributed by atoms with Gasteiger partial charge >= 0.3 is 51.7 Å². The first-order valence-corrected chi connectivity index (χ1v) is 22.2. The van der Waals surface area contributed by atoms with E-state index in [4.69, 9.17) is 0 Å². The number of fused-ring (bicyclic) bond motifs is 6. The van der Waals surface area contributed by atoms with Gasteiger partial charge in [-0.3, -0.25) is 29.9 Å². The van der Waals surface area contributed by atoms with Crippen LogP contribution >= 0.6 is 0 Å². The Labute approximate surface area is 464 Å². The quantitative estimate of drug-likeness (QED) is 0.152. The molecule has 6 heterocycles. The second-order valence-electron chi connectivity index (χ2n) is 15.0. The van der Waals surface area contributed by atoms with Crippen molar-refractivity contribution in [2.75, 3.05) is 27.4 Å². The summed E-state index contributed by atoms with van der Waals surface area (Å²) >= 11 is 0. The number of hydrogen-bond acceptors (Lipinski definition) is 14. The summed E-state index contributed by atoms with van der Waals surface area (Å²) in [5, 5.41) is 72.1. The van der Waals surface area contributed by atoms with Crippen LogP contribution in [0.2, 0.25) is 0 Å². The zero-order valence-electron chi connectivity index (χ0n) is 40.3. The number of benzene rings is 6. The Morgan fingerprint density at radius 3 is 0.541 bits per heavy atom. The van der Waals surface area contributed by atoms with E-state index in [1.165, 1.54) is 36.4 Å². The van der Waals surface area contributed by atoms with Gasteiger partial charge in [-0.25, -0.2) is 0 Å². The average Bonchev–Trinajstić information content (AvgIpc) is 3.42. The minimum absolute atomic E-state index is 0. The van der Waals surface area contributed by atoms with Crippen molar-refractivity contribution in [2.24, 2.45) is 0 Å². The second-order valence-corrected chi connectivity index (χ2v) is 15.0. The van der Waals surface area contributed by atoms with E-state index in [9.17, 15) is 30.6 Å². The van der Waals surface area contributed by atoms with Crippen LogP contribution in [-0.4, -0.2) is 57.3 Å². The molecule has 6 aromatic carbocycles. The van der Waals surface area contributed by atoms with E-state index in [0.717, 1.165) is 32.3 Å².